The van der Waals surface area contributed by atoms with Gasteiger partial charge in [0.1, 0.15) is 11.7 Å². The number of pyridine rings is 1. The molecule has 0 aromatic carbocycles. The summed E-state index contributed by atoms with van der Waals surface area (Å²) in [7, 11) is 0. The molecule has 1 aliphatic rings. The second-order valence-corrected chi connectivity index (χ2v) is 6.34. The first-order chi connectivity index (χ1) is 10.7. The second kappa shape index (κ2) is 5.17. The molecule has 1 aliphatic heterocycles. The first-order valence-corrected chi connectivity index (χ1v) is 7.40. The van der Waals surface area contributed by atoms with E-state index in [1.54, 1.807) is 12.1 Å². The van der Waals surface area contributed by atoms with Gasteiger partial charge >= 0.3 is 0 Å². The minimum absolute atomic E-state index is 0.00708. The lowest BCUT2D eigenvalue weighted by Gasteiger charge is -2.39. The van der Waals surface area contributed by atoms with Crippen molar-refractivity contribution in [1.29, 1.82) is 5.26 Å². The van der Waals surface area contributed by atoms with E-state index in [-0.39, 0.29) is 17.3 Å². The molecule has 1 fully saturated rings. The van der Waals surface area contributed by atoms with Gasteiger partial charge in [-0.25, -0.2) is 13.8 Å². The summed E-state index contributed by atoms with van der Waals surface area (Å²) in [6, 6.07) is 3.46. The number of hydrogen-bond acceptors (Lipinski definition) is 4. The molecule has 2 aromatic heterocycles. The maximum Gasteiger partial charge on any atom is 0.282 e. The fourth-order valence-corrected chi connectivity index (χ4v) is 2.85. The topological polar surface area (TPSA) is 61.4 Å². The van der Waals surface area contributed by atoms with E-state index in [0.717, 1.165) is 0 Å². The van der Waals surface area contributed by atoms with Crippen molar-refractivity contribution in [1.82, 2.24) is 9.38 Å². The van der Waals surface area contributed by atoms with Crippen LogP contribution in [0.5, 0.6) is 0 Å². The normalized spacial score (nSPS) is 16.5. The summed E-state index contributed by atoms with van der Waals surface area (Å²) in [5.74, 6) is -2.79. The Balaban J connectivity index is 2.30. The van der Waals surface area contributed by atoms with Crippen molar-refractivity contribution < 1.29 is 8.78 Å². The average molecular weight is 339 g/mol. The standard InChI is InChI=1S/C15H13ClF2N4O/c1-8(2)10-3-9(16)5-22-13(10)20-12(11(4-19)14(22)23)21-6-15(17,18)7-21/h3,5,8H,6-7H2,1-2H3. The molecule has 1 saturated heterocycles. The van der Waals surface area contributed by atoms with E-state index in [9.17, 15) is 18.8 Å². The van der Waals surface area contributed by atoms with Crippen LogP contribution in [0.1, 0.15) is 30.9 Å². The number of alkyl halides is 2. The molecule has 0 radical (unpaired) electrons. The first kappa shape index (κ1) is 15.7. The number of halogens is 3. The predicted octanol–water partition coefficient (Wildman–Crippen LogP) is 2.80. The first-order valence-electron chi connectivity index (χ1n) is 7.02. The number of nitriles is 1. The van der Waals surface area contributed by atoms with E-state index in [1.807, 2.05) is 13.8 Å². The summed E-state index contributed by atoms with van der Waals surface area (Å²) in [5.41, 5.74) is 0.188. The van der Waals surface area contributed by atoms with Crippen LogP contribution in [0, 0.1) is 11.3 Å². The molecule has 0 atom stereocenters. The van der Waals surface area contributed by atoms with Crippen molar-refractivity contribution in [2.24, 2.45) is 0 Å². The maximum atomic E-state index is 13.1. The Labute approximate surface area is 135 Å². The SMILES string of the molecule is CC(C)c1cc(Cl)cn2c(=O)c(C#N)c(N3CC(F)(F)C3)nc12. The molecule has 0 amide bonds. The van der Waals surface area contributed by atoms with Gasteiger partial charge < -0.3 is 4.90 Å². The Morgan fingerprint density at radius 2 is 2.09 bits per heavy atom. The van der Waals surface area contributed by atoms with E-state index in [2.05, 4.69) is 4.98 Å². The third kappa shape index (κ3) is 2.53. The van der Waals surface area contributed by atoms with Crippen LogP contribution in [0.25, 0.3) is 5.65 Å². The van der Waals surface area contributed by atoms with Gasteiger partial charge in [-0.1, -0.05) is 25.4 Å². The fraction of sp³-hybridized carbons (Fsp3) is 0.400. The van der Waals surface area contributed by atoms with Crippen LogP contribution in [0.3, 0.4) is 0 Å². The molecule has 5 nitrogen and oxygen atoms in total. The molecular formula is C15H13ClF2N4O. The zero-order valence-corrected chi connectivity index (χ0v) is 13.2. The molecule has 0 bridgehead atoms. The Morgan fingerprint density at radius 1 is 1.43 bits per heavy atom. The molecule has 0 spiro atoms. The van der Waals surface area contributed by atoms with Gasteiger partial charge in [-0.05, 0) is 17.5 Å². The lowest BCUT2D eigenvalue weighted by molar-refractivity contribution is -0.0267. The van der Waals surface area contributed by atoms with Gasteiger partial charge in [-0.3, -0.25) is 9.20 Å². The van der Waals surface area contributed by atoms with Crippen LogP contribution in [-0.2, 0) is 0 Å². The van der Waals surface area contributed by atoms with Crippen LogP contribution in [0.15, 0.2) is 17.1 Å². The highest BCUT2D eigenvalue weighted by Crippen LogP contribution is 2.33. The summed E-state index contributed by atoms with van der Waals surface area (Å²) in [5, 5.41) is 9.60. The summed E-state index contributed by atoms with van der Waals surface area (Å²) in [4.78, 5) is 18.1. The molecule has 0 N–H and O–H groups in total. The monoisotopic (exact) mass is 338 g/mol. The van der Waals surface area contributed by atoms with Gasteiger partial charge in [0.2, 0.25) is 0 Å². The fourth-order valence-electron chi connectivity index (χ4n) is 2.63. The van der Waals surface area contributed by atoms with Gasteiger partial charge in [-0.2, -0.15) is 5.26 Å². The predicted molar refractivity (Wildman–Crippen MR) is 82.4 cm³/mol. The summed E-state index contributed by atoms with van der Waals surface area (Å²) < 4.78 is 27.5. The van der Waals surface area contributed by atoms with Gasteiger partial charge in [-0.15, -0.1) is 0 Å². The zero-order valence-electron chi connectivity index (χ0n) is 12.5. The van der Waals surface area contributed by atoms with Crippen molar-refractivity contribution in [2.75, 3.05) is 18.0 Å². The smallest absolute Gasteiger partial charge is 0.282 e. The summed E-state index contributed by atoms with van der Waals surface area (Å²) in [6.45, 7) is 2.73. The Bertz CT molecular complexity index is 893. The lowest BCUT2D eigenvalue weighted by Crippen LogP contribution is -2.57. The van der Waals surface area contributed by atoms with Crippen LogP contribution in [0.2, 0.25) is 5.02 Å². The lowest BCUT2D eigenvalue weighted by atomic mass is 10.0. The summed E-state index contributed by atoms with van der Waals surface area (Å²) >= 11 is 6.03. The van der Waals surface area contributed by atoms with Crippen LogP contribution in [0.4, 0.5) is 14.6 Å². The second-order valence-electron chi connectivity index (χ2n) is 5.90. The van der Waals surface area contributed by atoms with Gasteiger partial charge in [0.15, 0.2) is 11.4 Å². The molecule has 120 valence electrons. The Morgan fingerprint density at radius 3 is 2.61 bits per heavy atom. The molecule has 23 heavy (non-hydrogen) atoms. The van der Waals surface area contributed by atoms with E-state index in [0.29, 0.717) is 16.2 Å². The van der Waals surface area contributed by atoms with Crippen molar-refractivity contribution in [3.05, 3.63) is 38.8 Å². The number of nitrogens with zero attached hydrogens (tertiary/aromatic N) is 4. The highest BCUT2D eigenvalue weighted by atomic mass is 35.5. The Kier molecular flexibility index (Phi) is 3.52. The highest BCUT2D eigenvalue weighted by Gasteiger charge is 2.45. The van der Waals surface area contributed by atoms with Crippen molar-refractivity contribution in [2.45, 2.75) is 25.7 Å². The molecule has 0 saturated carbocycles. The zero-order chi connectivity index (χ0) is 16.9. The van der Waals surface area contributed by atoms with E-state index in [4.69, 9.17) is 11.6 Å². The Hall–Kier alpha value is -2.20. The third-order valence-corrected chi connectivity index (χ3v) is 3.98. The van der Waals surface area contributed by atoms with Crippen LogP contribution >= 0.6 is 11.6 Å². The van der Waals surface area contributed by atoms with Gasteiger partial charge in [0, 0.05) is 6.20 Å². The molecule has 3 heterocycles. The number of fused-ring (bicyclic) bond motifs is 1. The van der Waals surface area contributed by atoms with Crippen molar-refractivity contribution in [3.63, 3.8) is 0 Å². The van der Waals surface area contributed by atoms with E-state index < -0.39 is 24.6 Å². The number of anilines is 1. The number of rotatable bonds is 2. The number of aromatic nitrogens is 2. The number of hydrogen-bond donors (Lipinski definition) is 0. The molecule has 3 rings (SSSR count). The van der Waals surface area contributed by atoms with E-state index >= 15 is 0 Å². The highest BCUT2D eigenvalue weighted by molar-refractivity contribution is 6.30. The minimum Gasteiger partial charge on any atom is -0.343 e. The molecular weight excluding hydrogens is 326 g/mol. The quantitative estimate of drug-likeness (QED) is 0.844. The van der Waals surface area contributed by atoms with E-state index in [1.165, 1.54) is 15.5 Å². The summed E-state index contributed by atoms with van der Waals surface area (Å²) in [6.07, 6.45) is 1.38. The molecule has 0 unspecified atom stereocenters. The third-order valence-electron chi connectivity index (χ3n) is 3.78. The van der Waals surface area contributed by atoms with Gasteiger partial charge in [0.25, 0.3) is 11.5 Å². The van der Waals surface area contributed by atoms with Gasteiger partial charge in [0.05, 0.1) is 18.1 Å². The minimum atomic E-state index is -2.82. The average Bonchev–Trinajstić information content (AvgIpc) is 2.44. The molecule has 2 aromatic rings. The van der Waals surface area contributed by atoms with Crippen LogP contribution < -0.4 is 10.5 Å². The van der Waals surface area contributed by atoms with Crippen LogP contribution in [-0.4, -0.2) is 28.4 Å². The molecule has 8 heteroatoms. The van der Waals surface area contributed by atoms with Crippen molar-refractivity contribution >= 4 is 23.1 Å². The maximum absolute atomic E-state index is 13.1. The van der Waals surface area contributed by atoms with Crippen molar-refractivity contribution in [3.8, 4) is 6.07 Å². The molecule has 0 aliphatic carbocycles. The largest absolute Gasteiger partial charge is 0.343 e.